The van der Waals surface area contributed by atoms with Crippen LogP contribution in [0.4, 0.5) is 0 Å². The van der Waals surface area contributed by atoms with E-state index in [9.17, 15) is 0 Å². The molecule has 0 bridgehead atoms. The number of halogens is 1. The minimum Gasteiger partial charge on any atom is -0.376 e. The normalized spacial score (nSPS) is 18.0. The van der Waals surface area contributed by atoms with Gasteiger partial charge in [0.2, 0.25) is 0 Å². The van der Waals surface area contributed by atoms with E-state index in [1.807, 2.05) is 6.92 Å². The molecule has 0 fully saturated rings. The zero-order valence-corrected chi connectivity index (χ0v) is 6.86. The molecule has 0 aromatic heterocycles. The van der Waals surface area contributed by atoms with Crippen molar-refractivity contribution in [2.24, 2.45) is 5.73 Å². The molecule has 0 radical (unpaired) electrons. The second-order valence-electron chi connectivity index (χ2n) is 1.99. The van der Waals surface area contributed by atoms with Gasteiger partial charge in [0.1, 0.15) is 0 Å². The number of ether oxygens (including phenoxy) is 1. The third-order valence-electron chi connectivity index (χ3n) is 1.21. The van der Waals surface area contributed by atoms with Crippen molar-refractivity contribution >= 4 is 15.9 Å². The second-order valence-corrected chi connectivity index (χ2v) is 2.55. The summed E-state index contributed by atoms with van der Waals surface area (Å²) >= 11 is 3.29. The lowest BCUT2D eigenvalue weighted by atomic mass is 10.1. The van der Waals surface area contributed by atoms with E-state index in [-0.39, 0.29) is 5.60 Å². The van der Waals surface area contributed by atoms with Crippen LogP contribution >= 0.6 is 15.9 Å². The second kappa shape index (κ2) is 3.43. The quantitative estimate of drug-likeness (QED) is 0.653. The van der Waals surface area contributed by atoms with Crippen LogP contribution in [0.5, 0.6) is 0 Å². The van der Waals surface area contributed by atoms with Crippen molar-refractivity contribution in [3.63, 3.8) is 0 Å². The molecular formula is C5H12BrNO. The van der Waals surface area contributed by atoms with E-state index in [0.717, 1.165) is 5.33 Å². The van der Waals surface area contributed by atoms with Crippen molar-refractivity contribution in [3.8, 4) is 0 Å². The van der Waals surface area contributed by atoms with Gasteiger partial charge in [0.15, 0.2) is 0 Å². The summed E-state index contributed by atoms with van der Waals surface area (Å²) in [5.41, 5.74) is 5.19. The highest BCUT2D eigenvalue weighted by Gasteiger charge is 2.18. The maximum atomic E-state index is 5.37. The molecule has 2 nitrogen and oxygen atoms in total. The lowest BCUT2D eigenvalue weighted by Gasteiger charge is -2.22. The highest BCUT2D eigenvalue weighted by Crippen LogP contribution is 2.09. The Morgan fingerprint density at radius 3 is 2.25 bits per heavy atom. The van der Waals surface area contributed by atoms with Gasteiger partial charge in [-0.15, -0.1) is 0 Å². The fourth-order valence-corrected chi connectivity index (χ4v) is 0.650. The summed E-state index contributed by atoms with van der Waals surface area (Å²) < 4.78 is 5.06. The standard InChI is InChI=1S/C5H12BrNO/c1-5(3-6,4-7)8-2/h3-4,7H2,1-2H3/t5-/m1/s1. The minimum atomic E-state index is -0.181. The topological polar surface area (TPSA) is 35.2 Å². The summed E-state index contributed by atoms with van der Waals surface area (Å²) in [5.74, 6) is 0. The number of hydrogen-bond acceptors (Lipinski definition) is 2. The Balaban J connectivity index is 3.58. The first kappa shape index (κ1) is 8.40. The molecule has 0 amide bonds. The Labute approximate surface area is 58.5 Å². The monoisotopic (exact) mass is 181 g/mol. The molecule has 50 valence electrons. The Morgan fingerprint density at radius 2 is 2.25 bits per heavy atom. The maximum absolute atomic E-state index is 5.37. The molecule has 0 aromatic carbocycles. The van der Waals surface area contributed by atoms with E-state index in [2.05, 4.69) is 15.9 Å². The van der Waals surface area contributed by atoms with E-state index in [0.29, 0.717) is 6.54 Å². The number of nitrogens with two attached hydrogens (primary N) is 1. The molecule has 8 heavy (non-hydrogen) atoms. The van der Waals surface area contributed by atoms with Gasteiger partial charge in [-0.05, 0) is 6.92 Å². The Hall–Kier alpha value is 0.400. The van der Waals surface area contributed by atoms with Crippen molar-refractivity contribution in [2.45, 2.75) is 12.5 Å². The van der Waals surface area contributed by atoms with Crippen LogP contribution in [0.1, 0.15) is 6.92 Å². The first-order chi connectivity index (χ1) is 3.68. The third-order valence-corrected chi connectivity index (χ3v) is 2.39. The van der Waals surface area contributed by atoms with Gasteiger partial charge in [-0.25, -0.2) is 0 Å². The lowest BCUT2D eigenvalue weighted by molar-refractivity contribution is 0.0361. The number of methoxy groups -OCH3 is 1. The minimum absolute atomic E-state index is 0.181. The van der Waals surface area contributed by atoms with Crippen LogP contribution in [0.15, 0.2) is 0 Å². The largest absolute Gasteiger partial charge is 0.376 e. The van der Waals surface area contributed by atoms with Gasteiger partial charge in [0.05, 0.1) is 5.60 Å². The van der Waals surface area contributed by atoms with Gasteiger partial charge in [-0.2, -0.15) is 0 Å². The zero-order valence-electron chi connectivity index (χ0n) is 5.28. The summed E-state index contributed by atoms with van der Waals surface area (Å²) in [6.07, 6.45) is 0. The van der Waals surface area contributed by atoms with Gasteiger partial charge in [-0.1, -0.05) is 15.9 Å². The van der Waals surface area contributed by atoms with Gasteiger partial charge < -0.3 is 10.5 Å². The molecule has 0 rings (SSSR count). The van der Waals surface area contributed by atoms with Crippen molar-refractivity contribution in [2.75, 3.05) is 19.0 Å². The molecule has 3 heteroatoms. The Kier molecular flexibility index (Phi) is 3.60. The first-order valence-electron chi connectivity index (χ1n) is 2.49. The Morgan fingerprint density at radius 1 is 1.75 bits per heavy atom. The molecule has 0 aliphatic carbocycles. The molecular weight excluding hydrogens is 170 g/mol. The van der Waals surface area contributed by atoms with E-state index in [1.165, 1.54) is 0 Å². The molecule has 0 unspecified atom stereocenters. The predicted molar refractivity (Wildman–Crippen MR) is 38.3 cm³/mol. The summed E-state index contributed by atoms with van der Waals surface area (Å²) in [6.45, 7) is 2.51. The molecule has 0 heterocycles. The van der Waals surface area contributed by atoms with E-state index in [4.69, 9.17) is 10.5 Å². The molecule has 0 saturated carbocycles. The smallest absolute Gasteiger partial charge is 0.0868 e. The van der Waals surface area contributed by atoms with Crippen molar-refractivity contribution in [1.82, 2.24) is 0 Å². The number of rotatable bonds is 3. The summed E-state index contributed by atoms with van der Waals surface area (Å²) in [5, 5.41) is 0.785. The molecule has 0 aromatic rings. The lowest BCUT2D eigenvalue weighted by Crippen LogP contribution is -2.38. The zero-order chi connectivity index (χ0) is 6.62. The van der Waals surface area contributed by atoms with Crippen LogP contribution in [0.2, 0.25) is 0 Å². The summed E-state index contributed by atoms with van der Waals surface area (Å²) in [4.78, 5) is 0. The van der Waals surface area contributed by atoms with Gasteiger partial charge >= 0.3 is 0 Å². The van der Waals surface area contributed by atoms with E-state index >= 15 is 0 Å². The van der Waals surface area contributed by atoms with Gasteiger partial charge in [-0.3, -0.25) is 0 Å². The number of alkyl halides is 1. The summed E-state index contributed by atoms with van der Waals surface area (Å²) in [7, 11) is 1.66. The molecule has 0 aliphatic rings. The molecule has 0 saturated heterocycles. The van der Waals surface area contributed by atoms with Crippen molar-refractivity contribution in [3.05, 3.63) is 0 Å². The summed E-state index contributed by atoms with van der Waals surface area (Å²) in [6, 6.07) is 0. The molecule has 0 aliphatic heterocycles. The maximum Gasteiger partial charge on any atom is 0.0868 e. The van der Waals surface area contributed by atoms with Crippen molar-refractivity contribution in [1.29, 1.82) is 0 Å². The number of hydrogen-bond donors (Lipinski definition) is 1. The fourth-order valence-electron chi connectivity index (χ4n) is 0.192. The van der Waals surface area contributed by atoms with Gasteiger partial charge in [0, 0.05) is 19.0 Å². The highest BCUT2D eigenvalue weighted by molar-refractivity contribution is 9.09. The predicted octanol–water partition coefficient (Wildman–Crippen LogP) is 0.745. The van der Waals surface area contributed by atoms with Crippen LogP contribution in [0, 0.1) is 0 Å². The average Bonchev–Trinajstić information content (AvgIpc) is 1.87. The van der Waals surface area contributed by atoms with Crippen LogP contribution in [0.3, 0.4) is 0 Å². The van der Waals surface area contributed by atoms with E-state index in [1.54, 1.807) is 7.11 Å². The van der Waals surface area contributed by atoms with Crippen LogP contribution < -0.4 is 5.73 Å². The van der Waals surface area contributed by atoms with Crippen LogP contribution in [-0.4, -0.2) is 24.6 Å². The SMILES string of the molecule is CO[C@@](C)(CN)CBr. The third kappa shape index (κ3) is 2.11. The average molecular weight is 182 g/mol. The highest BCUT2D eigenvalue weighted by atomic mass is 79.9. The first-order valence-corrected chi connectivity index (χ1v) is 3.62. The molecule has 2 N–H and O–H groups in total. The molecule has 0 spiro atoms. The molecule has 1 atom stereocenters. The van der Waals surface area contributed by atoms with Gasteiger partial charge in [0.25, 0.3) is 0 Å². The van der Waals surface area contributed by atoms with E-state index < -0.39 is 0 Å². The van der Waals surface area contributed by atoms with Crippen LogP contribution in [0.25, 0.3) is 0 Å². The van der Waals surface area contributed by atoms with Crippen molar-refractivity contribution < 1.29 is 4.74 Å². The Bertz CT molecular complexity index is 55.2. The fraction of sp³-hybridized carbons (Fsp3) is 1.00. The van der Waals surface area contributed by atoms with Crippen LogP contribution in [-0.2, 0) is 4.74 Å².